The average molecular weight is 407 g/mol. The van der Waals surface area contributed by atoms with Crippen molar-refractivity contribution in [1.29, 1.82) is 0 Å². The lowest BCUT2D eigenvalue weighted by molar-refractivity contribution is 0.696. The van der Waals surface area contributed by atoms with E-state index < -0.39 is 0 Å². The van der Waals surface area contributed by atoms with Gasteiger partial charge in [-0.15, -0.1) is 0 Å². The third-order valence-corrected chi connectivity index (χ3v) is 5.34. The summed E-state index contributed by atoms with van der Waals surface area (Å²) in [6.07, 6.45) is 5.77. The van der Waals surface area contributed by atoms with Gasteiger partial charge in [0.25, 0.3) is 0 Å². The molecule has 0 fully saturated rings. The lowest BCUT2D eigenvalue weighted by Crippen LogP contribution is -2.04. The van der Waals surface area contributed by atoms with Crippen molar-refractivity contribution in [2.24, 2.45) is 14.1 Å². The van der Waals surface area contributed by atoms with E-state index in [1.807, 2.05) is 51.1 Å². The Bertz CT molecular complexity index is 1190. The number of nitrogens with zero attached hydrogens (tertiary/aromatic N) is 6. The molecule has 4 rings (SSSR count). The highest BCUT2D eigenvalue weighted by Gasteiger charge is 2.24. The number of hydrogen-bond donors (Lipinski definition) is 0. The van der Waals surface area contributed by atoms with Gasteiger partial charge in [-0.25, -0.2) is 0 Å². The molecule has 7 heteroatoms. The molecule has 0 unspecified atom stereocenters. The predicted octanol–water partition coefficient (Wildman–Crippen LogP) is 4.65. The van der Waals surface area contributed by atoms with E-state index in [1.54, 1.807) is 9.36 Å². The smallest absolute Gasteiger partial charge is 0.115 e. The first kappa shape index (κ1) is 19.2. The first-order chi connectivity index (χ1) is 13.9. The number of aromatic nitrogens is 6. The lowest BCUT2D eigenvalue weighted by atomic mass is 10.1. The second-order valence-corrected chi connectivity index (χ2v) is 7.60. The van der Waals surface area contributed by atoms with E-state index in [2.05, 4.69) is 41.0 Å². The minimum atomic E-state index is 0.597. The molecule has 0 amide bonds. The van der Waals surface area contributed by atoms with Gasteiger partial charge in [0.05, 0.1) is 28.6 Å². The maximum atomic E-state index is 6.90. The SMILES string of the molecule is C=Cc1ccc(Cn2nc(-c3cn(C)nc3C)c(Cl)c2-c2cn(C)nc2C)cc1. The van der Waals surface area contributed by atoms with Crippen LogP contribution in [0.4, 0.5) is 0 Å². The van der Waals surface area contributed by atoms with Crippen LogP contribution in [0.2, 0.25) is 5.02 Å². The Morgan fingerprint density at radius 3 is 2.03 bits per heavy atom. The number of hydrogen-bond acceptors (Lipinski definition) is 3. The van der Waals surface area contributed by atoms with Crippen LogP contribution < -0.4 is 0 Å². The summed E-state index contributed by atoms with van der Waals surface area (Å²) < 4.78 is 5.53. The van der Waals surface area contributed by atoms with E-state index in [0.717, 1.165) is 45.0 Å². The van der Waals surface area contributed by atoms with Crippen molar-refractivity contribution in [2.45, 2.75) is 20.4 Å². The van der Waals surface area contributed by atoms with Gasteiger partial charge in [-0.2, -0.15) is 15.3 Å². The predicted molar refractivity (Wildman–Crippen MR) is 117 cm³/mol. The minimum absolute atomic E-state index is 0.597. The molecular weight excluding hydrogens is 384 g/mol. The Hall–Kier alpha value is -3.12. The number of halogens is 1. The largest absolute Gasteiger partial charge is 0.275 e. The van der Waals surface area contributed by atoms with Crippen molar-refractivity contribution in [2.75, 3.05) is 0 Å². The zero-order valence-electron chi connectivity index (χ0n) is 17.0. The van der Waals surface area contributed by atoms with Crippen LogP contribution >= 0.6 is 11.6 Å². The zero-order chi connectivity index (χ0) is 20.7. The quantitative estimate of drug-likeness (QED) is 0.485. The van der Waals surface area contributed by atoms with Crippen LogP contribution in [0.1, 0.15) is 22.5 Å². The molecule has 29 heavy (non-hydrogen) atoms. The summed E-state index contributed by atoms with van der Waals surface area (Å²) in [6.45, 7) is 8.36. The standard InChI is InChI=1S/C22H23ClN6/c1-6-16-7-9-17(10-8-16)11-29-22(19-13-28(5)25-15(19)3)20(23)21(26-29)18-12-27(4)24-14(18)2/h6-10,12-13H,1,11H2,2-5H3. The van der Waals surface area contributed by atoms with Crippen molar-refractivity contribution < 1.29 is 0 Å². The molecule has 3 heterocycles. The third kappa shape index (κ3) is 3.51. The van der Waals surface area contributed by atoms with Gasteiger partial charge in [0, 0.05) is 37.6 Å². The van der Waals surface area contributed by atoms with Gasteiger partial charge in [0.1, 0.15) is 5.69 Å². The molecule has 3 aromatic heterocycles. The maximum absolute atomic E-state index is 6.90. The molecule has 6 nitrogen and oxygen atoms in total. The summed E-state index contributed by atoms with van der Waals surface area (Å²) in [4.78, 5) is 0. The lowest BCUT2D eigenvalue weighted by Gasteiger charge is -2.08. The summed E-state index contributed by atoms with van der Waals surface area (Å²) >= 11 is 6.90. The van der Waals surface area contributed by atoms with Crippen molar-refractivity contribution >= 4 is 17.7 Å². The summed E-state index contributed by atoms with van der Waals surface area (Å²) in [5.74, 6) is 0. The second kappa shape index (κ2) is 7.37. The summed E-state index contributed by atoms with van der Waals surface area (Å²) in [6, 6.07) is 8.27. The van der Waals surface area contributed by atoms with Gasteiger partial charge in [0.15, 0.2) is 0 Å². The van der Waals surface area contributed by atoms with Crippen LogP contribution in [-0.4, -0.2) is 29.3 Å². The van der Waals surface area contributed by atoms with Gasteiger partial charge in [-0.05, 0) is 25.0 Å². The molecule has 0 aliphatic heterocycles. The first-order valence-electron chi connectivity index (χ1n) is 9.36. The maximum Gasteiger partial charge on any atom is 0.115 e. The molecule has 0 aliphatic rings. The molecule has 0 aliphatic carbocycles. The van der Waals surface area contributed by atoms with E-state index in [0.29, 0.717) is 11.6 Å². The highest BCUT2D eigenvalue weighted by molar-refractivity contribution is 6.35. The normalized spacial score (nSPS) is 11.2. The molecule has 148 valence electrons. The van der Waals surface area contributed by atoms with Crippen LogP contribution in [0.25, 0.3) is 28.6 Å². The molecule has 1 aromatic carbocycles. The van der Waals surface area contributed by atoms with Crippen LogP contribution in [0.15, 0.2) is 43.2 Å². The zero-order valence-corrected chi connectivity index (χ0v) is 17.8. The Morgan fingerprint density at radius 1 is 0.931 bits per heavy atom. The topological polar surface area (TPSA) is 53.5 Å². The van der Waals surface area contributed by atoms with E-state index >= 15 is 0 Å². The number of rotatable bonds is 5. The van der Waals surface area contributed by atoms with E-state index in [-0.39, 0.29) is 0 Å². The molecule has 4 aromatic rings. The van der Waals surface area contributed by atoms with Gasteiger partial charge in [0.2, 0.25) is 0 Å². The molecule has 0 saturated carbocycles. The van der Waals surface area contributed by atoms with Gasteiger partial charge in [-0.1, -0.05) is 48.5 Å². The highest BCUT2D eigenvalue weighted by Crippen LogP contribution is 2.38. The van der Waals surface area contributed by atoms with Gasteiger partial charge >= 0.3 is 0 Å². The van der Waals surface area contributed by atoms with Crippen molar-refractivity contribution in [3.63, 3.8) is 0 Å². The Labute approximate surface area is 175 Å². The highest BCUT2D eigenvalue weighted by atomic mass is 35.5. The molecule has 0 atom stereocenters. The van der Waals surface area contributed by atoms with E-state index in [1.165, 1.54) is 0 Å². The molecule has 0 N–H and O–H groups in total. The summed E-state index contributed by atoms with van der Waals surface area (Å²) in [5, 5.41) is 14.4. The van der Waals surface area contributed by atoms with Crippen molar-refractivity contribution in [3.05, 3.63) is 70.8 Å². The number of benzene rings is 1. The van der Waals surface area contributed by atoms with E-state index in [9.17, 15) is 0 Å². The Morgan fingerprint density at radius 2 is 1.52 bits per heavy atom. The molecular formula is C22H23ClN6. The fraction of sp³-hybridized carbons (Fsp3) is 0.227. The van der Waals surface area contributed by atoms with Gasteiger partial charge < -0.3 is 0 Å². The Balaban J connectivity index is 1.88. The fourth-order valence-electron chi connectivity index (χ4n) is 3.58. The van der Waals surface area contributed by atoms with Crippen molar-refractivity contribution in [3.8, 4) is 22.5 Å². The second-order valence-electron chi connectivity index (χ2n) is 7.22. The van der Waals surface area contributed by atoms with Crippen LogP contribution in [0.5, 0.6) is 0 Å². The summed E-state index contributed by atoms with van der Waals surface area (Å²) in [7, 11) is 3.81. The average Bonchev–Trinajstić information content (AvgIpc) is 3.30. The van der Waals surface area contributed by atoms with Gasteiger partial charge in [-0.3, -0.25) is 14.0 Å². The van der Waals surface area contributed by atoms with Crippen LogP contribution in [0, 0.1) is 13.8 Å². The van der Waals surface area contributed by atoms with Crippen molar-refractivity contribution in [1.82, 2.24) is 29.3 Å². The molecule has 0 radical (unpaired) electrons. The van der Waals surface area contributed by atoms with Crippen LogP contribution in [-0.2, 0) is 20.6 Å². The third-order valence-electron chi connectivity index (χ3n) is 4.98. The molecule has 0 spiro atoms. The van der Waals surface area contributed by atoms with E-state index in [4.69, 9.17) is 16.7 Å². The first-order valence-corrected chi connectivity index (χ1v) is 9.74. The Kier molecular flexibility index (Phi) is 4.88. The monoisotopic (exact) mass is 406 g/mol. The number of aryl methyl sites for hydroxylation is 4. The van der Waals surface area contributed by atoms with Crippen LogP contribution in [0.3, 0.4) is 0 Å². The summed E-state index contributed by atoms with van der Waals surface area (Å²) in [5.41, 5.74) is 7.52. The fourth-order valence-corrected chi connectivity index (χ4v) is 3.92. The molecule has 0 bridgehead atoms. The molecule has 0 saturated heterocycles. The minimum Gasteiger partial charge on any atom is -0.275 e.